The molecule has 4 aromatic rings. The largest absolute Gasteiger partial charge is 0.342 e. The molecule has 1 N–H and O–H groups in total. The van der Waals surface area contributed by atoms with Crippen molar-refractivity contribution >= 4 is 51.8 Å². The molecule has 0 atom stereocenters. The van der Waals surface area contributed by atoms with Crippen molar-refractivity contribution in [1.82, 2.24) is 4.57 Å². The van der Waals surface area contributed by atoms with E-state index >= 15 is 0 Å². The third-order valence-electron chi connectivity index (χ3n) is 5.10. The van der Waals surface area contributed by atoms with E-state index in [1.165, 1.54) is 0 Å². The Kier molecular flexibility index (Phi) is 6.32. The number of aryl methyl sites for hydroxylation is 1. The number of fused-ring (bicyclic) bond motifs is 1. The molecule has 32 heavy (non-hydrogen) atoms. The second kappa shape index (κ2) is 9.32. The zero-order chi connectivity index (χ0) is 22.7. The van der Waals surface area contributed by atoms with Gasteiger partial charge in [0.25, 0.3) is 5.91 Å². The number of para-hydroxylation sites is 1. The van der Waals surface area contributed by atoms with Crippen molar-refractivity contribution in [2.24, 2.45) is 0 Å². The maximum Gasteiger partial charge on any atom is 0.266 e. The molecule has 158 valence electrons. The van der Waals surface area contributed by atoms with Crippen molar-refractivity contribution in [1.29, 1.82) is 5.26 Å². The third kappa shape index (κ3) is 4.70. The highest BCUT2D eigenvalue weighted by molar-refractivity contribution is 6.42. The van der Waals surface area contributed by atoms with Gasteiger partial charge in [0.1, 0.15) is 11.6 Å². The van der Waals surface area contributed by atoms with Crippen LogP contribution in [-0.2, 0) is 11.3 Å². The van der Waals surface area contributed by atoms with E-state index in [2.05, 4.69) is 9.88 Å². The first-order chi connectivity index (χ1) is 15.4. The summed E-state index contributed by atoms with van der Waals surface area (Å²) >= 11 is 12.2. The fraction of sp³-hybridized carbons (Fsp3) is 0.0769. The molecule has 1 aromatic heterocycles. The van der Waals surface area contributed by atoms with Gasteiger partial charge in [0.05, 0.1) is 10.0 Å². The van der Waals surface area contributed by atoms with Gasteiger partial charge in [-0.3, -0.25) is 4.79 Å². The first-order valence-corrected chi connectivity index (χ1v) is 10.7. The number of nitrogens with one attached hydrogen (secondary N) is 1. The van der Waals surface area contributed by atoms with E-state index in [1.54, 1.807) is 18.2 Å². The molecule has 0 radical (unpaired) electrons. The van der Waals surface area contributed by atoms with Crippen LogP contribution in [0.1, 0.15) is 16.7 Å². The summed E-state index contributed by atoms with van der Waals surface area (Å²) in [5.41, 5.74) is 4.48. The van der Waals surface area contributed by atoms with Crippen molar-refractivity contribution in [3.05, 3.63) is 105 Å². The van der Waals surface area contributed by atoms with Gasteiger partial charge in [-0.1, -0.05) is 59.6 Å². The molecule has 0 spiro atoms. The van der Waals surface area contributed by atoms with Gasteiger partial charge in [-0.15, -0.1) is 0 Å². The molecule has 4 rings (SSSR count). The number of rotatable bonds is 5. The maximum atomic E-state index is 12.7. The average Bonchev–Trinajstić information content (AvgIpc) is 3.12. The van der Waals surface area contributed by atoms with E-state index in [0.717, 1.165) is 27.6 Å². The normalized spacial score (nSPS) is 11.4. The smallest absolute Gasteiger partial charge is 0.266 e. The lowest BCUT2D eigenvalue weighted by molar-refractivity contribution is -0.112. The Hall–Kier alpha value is -3.52. The minimum Gasteiger partial charge on any atom is -0.342 e. The Bertz CT molecular complexity index is 1400. The number of aromatic nitrogens is 1. The van der Waals surface area contributed by atoms with Crippen LogP contribution < -0.4 is 5.32 Å². The van der Waals surface area contributed by atoms with Gasteiger partial charge in [-0.2, -0.15) is 5.26 Å². The number of hydrogen-bond donors (Lipinski definition) is 1. The lowest BCUT2D eigenvalue weighted by Gasteiger charge is -2.06. The summed E-state index contributed by atoms with van der Waals surface area (Å²) in [6, 6.07) is 22.9. The molecule has 0 aliphatic carbocycles. The van der Waals surface area contributed by atoms with Gasteiger partial charge in [0.2, 0.25) is 0 Å². The molecule has 0 unspecified atom stereocenters. The van der Waals surface area contributed by atoms with E-state index in [0.29, 0.717) is 22.3 Å². The molecule has 0 aliphatic heterocycles. The molecular weight excluding hydrogens is 441 g/mol. The van der Waals surface area contributed by atoms with Gasteiger partial charge >= 0.3 is 0 Å². The number of carbonyl (C=O) groups excluding carboxylic acids is 1. The summed E-state index contributed by atoms with van der Waals surface area (Å²) in [4.78, 5) is 12.7. The number of amides is 1. The second-order valence-corrected chi connectivity index (χ2v) is 8.29. The summed E-state index contributed by atoms with van der Waals surface area (Å²) in [6.45, 7) is 2.52. The molecule has 1 amide bonds. The van der Waals surface area contributed by atoms with Crippen molar-refractivity contribution in [2.75, 3.05) is 5.32 Å². The van der Waals surface area contributed by atoms with Crippen LogP contribution in [0, 0.1) is 18.3 Å². The predicted octanol–water partition coefficient (Wildman–Crippen LogP) is 6.85. The molecule has 0 saturated carbocycles. The lowest BCUT2D eigenvalue weighted by atomic mass is 10.1. The third-order valence-corrected chi connectivity index (χ3v) is 5.84. The molecule has 3 aromatic carbocycles. The van der Waals surface area contributed by atoms with Crippen LogP contribution in [0.5, 0.6) is 0 Å². The van der Waals surface area contributed by atoms with Crippen LogP contribution in [0.3, 0.4) is 0 Å². The van der Waals surface area contributed by atoms with E-state index < -0.39 is 5.91 Å². The van der Waals surface area contributed by atoms with Crippen LogP contribution in [0.2, 0.25) is 10.0 Å². The van der Waals surface area contributed by atoms with Crippen molar-refractivity contribution < 1.29 is 4.79 Å². The topological polar surface area (TPSA) is 57.8 Å². The molecular formula is C26H19Cl2N3O. The fourth-order valence-corrected chi connectivity index (χ4v) is 3.90. The Morgan fingerprint density at radius 2 is 1.88 bits per heavy atom. The number of nitrogens with zero attached hydrogens (tertiary/aromatic N) is 2. The second-order valence-electron chi connectivity index (χ2n) is 7.47. The molecule has 0 aliphatic rings. The van der Waals surface area contributed by atoms with E-state index in [9.17, 15) is 10.1 Å². The zero-order valence-electron chi connectivity index (χ0n) is 17.3. The number of benzene rings is 3. The molecule has 6 heteroatoms. The fourth-order valence-electron chi connectivity index (χ4n) is 3.58. The van der Waals surface area contributed by atoms with Crippen LogP contribution in [0.25, 0.3) is 17.0 Å². The molecule has 4 nitrogen and oxygen atoms in total. The van der Waals surface area contributed by atoms with Crippen molar-refractivity contribution in [2.45, 2.75) is 13.5 Å². The summed E-state index contributed by atoms with van der Waals surface area (Å²) in [5.74, 6) is -0.445. The standard InChI is InChI=1S/C26H19Cl2N3O/c1-17-5-4-6-21(11-17)30-26(32)19(14-29)13-20-16-31(25-8-3-2-7-22(20)25)15-18-9-10-23(27)24(28)12-18/h2-13,16H,15H2,1H3,(H,30,32)/b19-13-. The van der Waals surface area contributed by atoms with E-state index in [-0.39, 0.29) is 5.57 Å². The summed E-state index contributed by atoms with van der Waals surface area (Å²) in [5, 5.41) is 14.4. The van der Waals surface area contributed by atoms with Gasteiger partial charge in [-0.25, -0.2) is 0 Å². The quantitative estimate of drug-likeness (QED) is 0.262. The molecule has 1 heterocycles. The van der Waals surface area contributed by atoms with Crippen LogP contribution >= 0.6 is 23.2 Å². The summed E-state index contributed by atoms with van der Waals surface area (Å²) in [7, 11) is 0. The number of anilines is 1. The van der Waals surface area contributed by atoms with Gasteiger partial charge in [-0.05, 0) is 54.5 Å². The van der Waals surface area contributed by atoms with Crippen molar-refractivity contribution in [3.8, 4) is 6.07 Å². The van der Waals surface area contributed by atoms with Crippen LogP contribution in [0.4, 0.5) is 5.69 Å². The summed E-state index contributed by atoms with van der Waals surface area (Å²) < 4.78 is 2.06. The Morgan fingerprint density at radius 3 is 2.62 bits per heavy atom. The van der Waals surface area contributed by atoms with E-state index in [1.807, 2.05) is 73.8 Å². The number of nitriles is 1. The highest BCUT2D eigenvalue weighted by Crippen LogP contribution is 2.27. The van der Waals surface area contributed by atoms with Crippen molar-refractivity contribution in [3.63, 3.8) is 0 Å². The highest BCUT2D eigenvalue weighted by atomic mass is 35.5. The first-order valence-electron chi connectivity index (χ1n) is 9.96. The number of halogens is 2. The van der Waals surface area contributed by atoms with Gasteiger partial charge in [0, 0.05) is 34.9 Å². The Labute approximate surface area is 196 Å². The lowest BCUT2D eigenvalue weighted by Crippen LogP contribution is -2.13. The SMILES string of the molecule is Cc1cccc(NC(=O)/C(C#N)=C\c2cn(Cc3ccc(Cl)c(Cl)c3)c3ccccc23)c1. The van der Waals surface area contributed by atoms with Gasteiger partial charge < -0.3 is 9.88 Å². The molecule has 0 bridgehead atoms. The maximum absolute atomic E-state index is 12.7. The average molecular weight is 460 g/mol. The zero-order valence-corrected chi connectivity index (χ0v) is 18.8. The van der Waals surface area contributed by atoms with E-state index in [4.69, 9.17) is 23.2 Å². The summed E-state index contributed by atoms with van der Waals surface area (Å²) in [6.07, 6.45) is 3.56. The monoisotopic (exact) mass is 459 g/mol. The molecule has 0 saturated heterocycles. The highest BCUT2D eigenvalue weighted by Gasteiger charge is 2.13. The molecule has 0 fully saturated rings. The number of hydrogen-bond acceptors (Lipinski definition) is 2. The predicted molar refractivity (Wildman–Crippen MR) is 131 cm³/mol. The first kappa shape index (κ1) is 21.7. The van der Waals surface area contributed by atoms with Crippen LogP contribution in [0.15, 0.2) is 78.5 Å². The minimum absolute atomic E-state index is 0.0314. The van der Waals surface area contributed by atoms with Crippen LogP contribution in [-0.4, -0.2) is 10.5 Å². The minimum atomic E-state index is -0.445. The number of carbonyl (C=O) groups is 1. The Balaban J connectivity index is 1.68. The van der Waals surface area contributed by atoms with Gasteiger partial charge in [0.15, 0.2) is 0 Å². The Morgan fingerprint density at radius 1 is 1.06 bits per heavy atom.